The van der Waals surface area contributed by atoms with Crippen molar-refractivity contribution in [2.45, 2.75) is 20.8 Å². The molecule has 0 saturated heterocycles. The second-order valence-corrected chi connectivity index (χ2v) is 5.30. The Bertz CT molecular complexity index is 679. The fourth-order valence-corrected chi connectivity index (χ4v) is 2.67. The summed E-state index contributed by atoms with van der Waals surface area (Å²) < 4.78 is 0. The number of halogens is 1. The molecule has 0 aliphatic heterocycles. The quantitative estimate of drug-likeness (QED) is 0.481. The maximum Gasteiger partial charge on any atom is 0.293 e. The highest BCUT2D eigenvalue weighted by atomic mass is 35.5. The second kappa shape index (κ2) is 5.59. The molecular formula is C17H15ClO2. The van der Waals surface area contributed by atoms with Gasteiger partial charge < -0.3 is 0 Å². The molecule has 2 rings (SSSR count). The zero-order valence-corrected chi connectivity index (χ0v) is 12.4. The van der Waals surface area contributed by atoms with Gasteiger partial charge in [0, 0.05) is 5.56 Å². The number of carbonyl (C=O) groups is 2. The van der Waals surface area contributed by atoms with Crippen LogP contribution in [-0.2, 0) is 4.79 Å². The number of carbonyl (C=O) groups excluding carboxylic acids is 2. The van der Waals surface area contributed by atoms with Crippen LogP contribution < -0.4 is 0 Å². The van der Waals surface area contributed by atoms with Crippen molar-refractivity contribution in [1.82, 2.24) is 0 Å². The lowest BCUT2D eigenvalue weighted by atomic mass is 9.92. The Hall–Kier alpha value is -1.93. The molecule has 2 aromatic carbocycles. The SMILES string of the molecule is Cc1cc(C)c(-c2cccc(C(=O)C(=O)Cl)c2)c(C)c1. The van der Waals surface area contributed by atoms with E-state index >= 15 is 0 Å². The van der Waals surface area contributed by atoms with E-state index in [-0.39, 0.29) is 0 Å². The van der Waals surface area contributed by atoms with Crippen LogP contribution in [0.15, 0.2) is 36.4 Å². The van der Waals surface area contributed by atoms with E-state index in [1.54, 1.807) is 18.2 Å². The van der Waals surface area contributed by atoms with Crippen molar-refractivity contribution in [2.24, 2.45) is 0 Å². The van der Waals surface area contributed by atoms with Gasteiger partial charge in [-0.3, -0.25) is 9.59 Å². The molecule has 0 atom stereocenters. The number of aryl methyl sites for hydroxylation is 3. The second-order valence-electron chi connectivity index (χ2n) is 4.96. The number of hydrogen-bond acceptors (Lipinski definition) is 2. The number of rotatable bonds is 3. The van der Waals surface area contributed by atoms with Crippen LogP contribution >= 0.6 is 11.6 Å². The third kappa shape index (κ3) is 2.81. The van der Waals surface area contributed by atoms with E-state index in [0.717, 1.165) is 22.3 Å². The fourth-order valence-electron chi connectivity index (χ4n) is 2.56. The molecule has 0 aliphatic rings. The summed E-state index contributed by atoms with van der Waals surface area (Å²) in [4.78, 5) is 22.7. The number of Topliss-reactive ketones (excluding diaryl/α,β-unsaturated/α-hetero) is 1. The molecular weight excluding hydrogens is 272 g/mol. The van der Waals surface area contributed by atoms with Crippen LogP contribution in [0.5, 0.6) is 0 Å². The van der Waals surface area contributed by atoms with Crippen LogP contribution in [0.25, 0.3) is 11.1 Å². The fraction of sp³-hybridized carbons (Fsp3) is 0.176. The molecule has 0 aliphatic carbocycles. The normalized spacial score (nSPS) is 10.4. The van der Waals surface area contributed by atoms with Gasteiger partial charge in [-0.05, 0) is 60.7 Å². The Morgan fingerprint density at radius 2 is 1.55 bits per heavy atom. The van der Waals surface area contributed by atoms with Crippen molar-refractivity contribution in [3.63, 3.8) is 0 Å². The molecule has 0 unspecified atom stereocenters. The molecule has 0 bridgehead atoms. The van der Waals surface area contributed by atoms with Crippen LogP contribution in [-0.4, -0.2) is 11.0 Å². The third-order valence-corrected chi connectivity index (χ3v) is 3.44. The van der Waals surface area contributed by atoms with Crippen LogP contribution in [0.2, 0.25) is 0 Å². The summed E-state index contributed by atoms with van der Waals surface area (Å²) in [6.07, 6.45) is 0. The Labute approximate surface area is 123 Å². The Balaban J connectivity index is 2.57. The molecule has 0 amide bonds. The van der Waals surface area contributed by atoms with Crippen molar-refractivity contribution < 1.29 is 9.59 Å². The lowest BCUT2D eigenvalue weighted by molar-refractivity contribution is -0.108. The first-order valence-electron chi connectivity index (χ1n) is 6.32. The maximum atomic E-state index is 11.7. The van der Waals surface area contributed by atoms with Gasteiger partial charge in [0.15, 0.2) is 0 Å². The molecule has 0 aromatic heterocycles. The molecule has 102 valence electrons. The third-order valence-electron chi connectivity index (χ3n) is 3.27. The monoisotopic (exact) mass is 286 g/mol. The smallest absolute Gasteiger partial charge is 0.284 e. The van der Waals surface area contributed by atoms with Gasteiger partial charge in [0.1, 0.15) is 0 Å². The van der Waals surface area contributed by atoms with Gasteiger partial charge in [0.2, 0.25) is 5.78 Å². The topological polar surface area (TPSA) is 34.1 Å². The summed E-state index contributed by atoms with van der Waals surface area (Å²) >= 11 is 5.26. The zero-order chi connectivity index (χ0) is 14.9. The van der Waals surface area contributed by atoms with Gasteiger partial charge in [0.05, 0.1) is 0 Å². The summed E-state index contributed by atoms with van der Waals surface area (Å²) in [6, 6.07) is 11.2. The van der Waals surface area contributed by atoms with Gasteiger partial charge >= 0.3 is 0 Å². The average molecular weight is 287 g/mol. The average Bonchev–Trinajstić information content (AvgIpc) is 2.36. The molecule has 0 radical (unpaired) electrons. The van der Waals surface area contributed by atoms with E-state index in [1.807, 2.05) is 19.9 Å². The highest BCUT2D eigenvalue weighted by Crippen LogP contribution is 2.29. The van der Waals surface area contributed by atoms with Crippen LogP contribution in [0, 0.1) is 20.8 Å². The Kier molecular flexibility index (Phi) is 4.05. The van der Waals surface area contributed by atoms with Crippen LogP contribution in [0.3, 0.4) is 0 Å². The number of benzene rings is 2. The summed E-state index contributed by atoms with van der Waals surface area (Å²) in [7, 11) is 0. The minimum Gasteiger partial charge on any atom is -0.284 e. The first-order valence-corrected chi connectivity index (χ1v) is 6.70. The standard InChI is InChI=1S/C17H15ClO2/c1-10-7-11(2)15(12(3)8-10)13-5-4-6-14(9-13)16(19)17(18)20/h4-9H,1-3H3. The molecule has 0 heterocycles. The Morgan fingerprint density at radius 1 is 0.950 bits per heavy atom. The maximum absolute atomic E-state index is 11.7. The van der Waals surface area contributed by atoms with Gasteiger partial charge in [-0.1, -0.05) is 35.9 Å². The molecule has 0 N–H and O–H groups in total. The highest BCUT2D eigenvalue weighted by Gasteiger charge is 2.15. The van der Waals surface area contributed by atoms with Gasteiger partial charge in [-0.25, -0.2) is 0 Å². The highest BCUT2D eigenvalue weighted by molar-refractivity contribution is 6.83. The van der Waals surface area contributed by atoms with Crippen molar-refractivity contribution in [3.8, 4) is 11.1 Å². The minimum atomic E-state index is -0.959. The number of ketones is 1. The van der Waals surface area contributed by atoms with Crippen molar-refractivity contribution in [1.29, 1.82) is 0 Å². The van der Waals surface area contributed by atoms with E-state index in [9.17, 15) is 9.59 Å². The summed E-state index contributed by atoms with van der Waals surface area (Å²) in [6.45, 7) is 6.13. The summed E-state index contributed by atoms with van der Waals surface area (Å²) in [5.74, 6) is -0.670. The molecule has 3 heteroatoms. The molecule has 0 fully saturated rings. The summed E-state index contributed by atoms with van der Waals surface area (Å²) in [5, 5.41) is -0.959. The molecule has 2 nitrogen and oxygen atoms in total. The summed E-state index contributed by atoms with van der Waals surface area (Å²) in [5.41, 5.74) is 5.82. The molecule has 2 aromatic rings. The zero-order valence-electron chi connectivity index (χ0n) is 11.7. The van der Waals surface area contributed by atoms with E-state index in [4.69, 9.17) is 11.6 Å². The first kappa shape index (κ1) is 14.5. The van der Waals surface area contributed by atoms with E-state index in [1.165, 1.54) is 5.56 Å². The van der Waals surface area contributed by atoms with E-state index in [0.29, 0.717) is 5.56 Å². The molecule has 0 spiro atoms. The number of hydrogen-bond donors (Lipinski definition) is 0. The Morgan fingerprint density at radius 3 is 2.10 bits per heavy atom. The predicted molar refractivity (Wildman–Crippen MR) is 81.3 cm³/mol. The lowest BCUT2D eigenvalue weighted by Gasteiger charge is -2.12. The van der Waals surface area contributed by atoms with Gasteiger partial charge in [0.25, 0.3) is 5.24 Å². The van der Waals surface area contributed by atoms with Gasteiger partial charge in [-0.2, -0.15) is 0 Å². The van der Waals surface area contributed by atoms with E-state index < -0.39 is 11.0 Å². The van der Waals surface area contributed by atoms with E-state index in [2.05, 4.69) is 19.1 Å². The van der Waals surface area contributed by atoms with Crippen molar-refractivity contribution in [2.75, 3.05) is 0 Å². The van der Waals surface area contributed by atoms with Crippen molar-refractivity contribution in [3.05, 3.63) is 58.7 Å². The predicted octanol–water partition coefficient (Wildman–Crippen LogP) is 4.23. The molecule has 0 saturated carbocycles. The minimum absolute atomic E-state index is 0.321. The lowest BCUT2D eigenvalue weighted by Crippen LogP contribution is -2.07. The van der Waals surface area contributed by atoms with Crippen molar-refractivity contribution >= 4 is 22.6 Å². The largest absolute Gasteiger partial charge is 0.293 e. The first-order chi connectivity index (χ1) is 9.40. The molecule has 20 heavy (non-hydrogen) atoms. The van der Waals surface area contributed by atoms with Crippen LogP contribution in [0.1, 0.15) is 27.0 Å². The van der Waals surface area contributed by atoms with Crippen LogP contribution in [0.4, 0.5) is 0 Å². The van der Waals surface area contributed by atoms with Gasteiger partial charge in [-0.15, -0.1) is 0 Å².